The van der Waals surface area contributed by atoms with Gasteiger partial charge < -0.3 is 4.74 Å². The molecule has 0 aliphatic rings. The third kappa shape index (κ3) is 2.69. The van der Waals surface area contributed by atoms with Gasteiger partial charge in [-0.3, -0.25) is 9.67 Å². The summed E-state index contributed by atoms with van der Waals surface area (Å²) in [6.07, 6.45) is 3.79. The fourth-order valence-corrected chi connectivity index (χ4v) is 2.57. The first-order valence-corrected chi connectivity index (χ1v) is 7.27. The van der Waals surface area contributed by atoms with Gasteiger partial charge in [0.1, 0.15) is 9.45 Å². The molecule has 0 bridgehead atoms. The van der Waals surface area contributed by atoms with Crippen LogP contribution in [0.25, 0.3) is 0 Å². The van der Waals surface area contributed by atoms with Gasteiger partial charge in [-0.1, -0.05) is 0 Å². The van der Waals surface area contributed by atoms with Crippen molar-refractivity contribution in [1.29, 1.82) is 0 Å². The van der Waals surface area contributed by atoms with Gasteiger partial charge in [-0.2, -0.15) is 5.10 Å². The standard InChI is InChI=1S/C12H13BrIN3O/c1-7-4-15-10(8(2)11(7)18-3)6-17-5-9(13)12(14)16-17/h4-5H,6H2,1-3H3. The second-order valence-electron chi connectivity index (χ2n) is 4.01. The molecular weight excluding hydrogens is 409 g/mol. The van der Waals surface area contributed by atoms with E-state index in [1.165, 1.54) is 0 Å². The van der Waals surface area contributed by atoms with E-state index in [2.05, 4.69) is 48.6 Å². The zero-order chi connectivity index (χ0) is 13.3. The third-order valence-corrected chi connectivity index (χ3v) is 4.86. The highest BCUT2D eigenvalue weighted by molar-refractivity contribution is 14.1. The first-order chi connectivity index (χ1) is 8.52. The molecule has 0 aliphatic carbocycles. The summed E-state index contributed by atoms with van der Waals surface area (Å²) < 4.78 is 9.22. The minimum Gasteiger partial charge on any atom is -0.496 e. The first kappa shape index (κ1) is 13.8. The van der Waals surface area contributed by atoms with Gasteiger partial charge in [-0.15, -0.1) is 0 Å². The molecule has 2 heterocycles. The molecule has 0 radical (unpaired) electrons. The number of hydrogen-bond acceptors (Lipinski definition) is 3. The highest BCUT2D eigenvalue weighted by Gasteiger charge is 2.11. The lowest BCUT2D eigenvalue weighted by Crippen LogP contribution is -2.06. The van der Waals surface area contributed by atoms with E-state index in [0.717, 1.165) is 30.7 Å². The zero-order valence-electron chi connectivity index (χ0n) is 10.4. The van der Waals surface area contributed by atoms with E-state index in [0.29, 0.717) is 6.54 Å². The fourth-order valence-electron chi connectivity index (χ4n) is 1.84. The quantitative estimate of drug-likeness (QED) is 0.713. The molecule has 2 aromatic heterocycles. The smallest absolute Gasteiger partial charge is 0.137 e. The van der Waals surface area contributed by atoms with Gasteiger partial charge in [0.15, 0.2) is 0 Å². The number of halogens is 2. The number of hydrogen-bond donors (Lipinski definition) is 0. The predicted octanol–water partition coefficient (Wildman–Crippen LogP) is 3.32. The summed E-state index contributed by atoms with van der Waals surface area (Å²) in [5, 5.41) is 4.40. The Balaban J connectivity index is 2.35. The molecule has 0 unspecified atom stereocenters. The lowest BCUT2D eigenvalue weighted by molar-refractivity contribution is 0.406. The Morgan fingerprint density at radius 3 is 2.72 bits per heavy atom. The summed E-state index contributed by atoms with van der Waals surface area (Å²) in [4.78, 5) is 4.46. The maximum Gasteiger partial charge on any atom is 0.137 e. The van der Waals surface area contributed by atoms with E-state index < -0.39 is 0 Å². The Labute approximate surface area is 128 Å². The van der Waals surface area contributed by atoms with Gasteiger partial charge in [-0.05, 0) is 52.4 Å². The van der Waals surface area contributed by atoms with E-state index in [1.807, 2.05) is 30.9 Å². The van der Waals surface area contributed by atoms with Crippen molar-refractivity contribution in [3.8, 4) is 5.75 Å². The predicted molar refractivity (Wildman–Crippen MR) is 82.0 cm³/mol. The van der Waals surface area contributed by atoms with E-state index in [-0.39, 0.29) is 0 Å². The Hall–Kier alpha value is -0.630. The monoisotopic (exact) mass is 421 g/mol. The maximum absolute atomic E-state index is 5.40. The van der Waals surface area contributed by atoms with Crippen molar-refractivity contribution in [2.24, 2.45) is 0 Å². The first-order valence-electron chi connectivity index (χ1n) is 5.40. The normalized spacial score (nSPS) is 10.7. The van der Waals surface area contributed by atoms with E-state index in [4.69, 9.17) is 4.74 Å². The number of rotatable bonds is 3. The third-order valence-electron chi connectivity index (χ3n) is 2.74. The molecule has 0 saturated heterocycles. The van der Waals surface area contributed by atoms with Crippen LogP contribution in [0.5, 0.6) is 5.75 Å². The molecule has 6 heteroatoms. The van der Waals surface area contributed by atoms with E-state index in [1.54, 1.807) is 7.11 Å². The zero-order valence-corrected chi connectivity index (χ0v) is 14.1. The van der Waals surface area contributed by atoms with Crippen LogP contribution in [0, 0.1) is 17.5 Å². The van der Waals surface area contributed by atoms with E-state index >= 15 is 0 Å². The topological polar surface area (TPSA) is 39.9 Å². The molecule has 2 aromatic rings. The summed E-state index contributed by atoms with van der Waals surface area (Å²) in [6.45, 7) is 4.66. The largest absolute Gasteiger partial charge is 0.496 e. The second-order valence-corrected chi connectivity index (χ2v) is 5.89. The van der Waals surface area contributed by atoms with Crippen molar-refractivity contribution < 1.29 is 4.74 Å². The molecule has 18 heavy (non-hydrogen) atoms. The molecule has 0 fully saturated rings. The molecule has 96 valence electrons. The van der Waals surface area contributed by atoms with Crippen LogP contribution in [-0.4, -0.2) is 21.9 Å². The van der Waals surface area contributed by atoms with Gasteiger partial charge in [0, 0.05) is 23.5 Å². The van der Waals surface area contributed by atoms with Crippen LogP contribution < -0.4 is 4.74 Å². The second kappa shape index (κ2) is 5.56. The number of methoxy groups -OCH3 is 1. The van der Waals surface area contributed by atoms with Gasteiger partial charge in [-0.25, -0.2) is 0 Å². The van der Waals surface area contributed by atoms with Crippen LogP contribution in [0.3, 0.4) is 0 Å². The van der Waals surface area contributed by atoms with Crippen molar-refractivity contribution in [3.05, 3.63) is 37.4 Å². The van der Waals surface area contributed by atoms with Crippen LogP contribution in [0.15, 0.2) is 16.9 Å². The summed E-state index contributed by atoms with van der Waals surface area (Å²) in [5.41, 5.74) is 3.10. The number of ether oxygens (including phenoxy) is 1. The lowest BCUT2D eigenvalue weighted by Gasteiger charge is -2.12. The Bertz CT molecular complexity index is 563. The van der Waals surface area contributed by atoms with Gasteiger partial charge in [0.2, 0.25) is 0 Å². The number of aromatic nitrogens is 3. The summed E-state index contributed by atoms with van der Waals surface area (Å²) in [5.74, 6) is 0.904. The number of pyridine rings is 1. The number of aryl methyl sites for hydroxylation is 1. The average molecular weight is 422 g/mol. The molecule has 0 N–H and O–H groups in total. The SMILES string of the molecule is COc1c(C)cnc(Cn2cc(Br)c(I)n2)c1C. The Kier molecular flexibility index (Phi) is 4.26. The average Bonchev–Trinajstić information content (AvgIpc) is 2.63. The van der Waals surface area contributed by atoms with Crippen LogP contribution >= 0.6 is 38.5 Å². The lowest BCUT2D eigenvalue weighted by atomic mass is 10.1. The van der Waals surface area contributed by atoms with Crippen molar-refractivity contribution in [3.63, 3.8) is 0 Å². The highest BCUT2D eigenvalue weighted by Crippen LogP contribution is 2.25. The molecule has 0 aliphatic heterocycles. The van der Waals surface area contributed by atoms with Crippen LogP contribution in [-0.2, 0) is 6.54 Å². The minimum absolute atomic E-state index is 0.643. The fraction of sp³-hybridized carbons (Fsp3) is 0.333. The van der Waals surface area contributed by atoms with Crippen LogP contribution in [0.1, 0.15) is 16.8 Å². The Morgan fingerprint density at radius 1 is 1.44 bits per heavy atom. The maximum atomic E-state index is 5.40. The summed E-state index contributed by atoms with van der Waals surface area (Å²) >= 11 is 5.64. The van der Waals surface area contributed by atoms with Gasteiger partial charge in [0.25, 0.3) is 0 Å². The Morgan fingerprint density at radius 2 is 2.17 bits per heavy atom. The molecule has 0 aromatic carbocycles. The van der Waals surface area contributed by atoms with E-state index in [9.17, 15) is 0 Å². The number of nitrogens with zero attached hydrogens (tertiary/aromatic N) is 3. The summed E-state index contributed by atoms with van der Waals surface area (Å²) in [7, 11) is 1.69. The molecule has 2 rings (SSSR count). The molecule has 0 spiro atoms. The van der Waals surface area contributed by atoms with Crippen LogP contribution in [0.2, 0.25) is 0 Å². The van der Waals surface area contributed by atoms with Crippen molar-refractivity contribution in [2.75, 3.05) is 7.11 Å². The van der Waals surface area contributed by atoms with Crippen molar-refractivity contribution >= 4 is 38.5 Å². The van der Waals surface area contributed by atoms with Crippen molar-refractivity contribution in [1.82, 2.24) is 14.8 Å². The molecule has 0 amide bonds. The van der Waals surface area contributed by atoms with Gasteiger partial charge >= 0.3 is 0 Å². The molecule has 0 saturated carbocycles. The minimum atomic E-state index is 0.643. The van der Waals surface area contributed by atoms with Gasteiger partial charge in [0.05, 0.1) is 23.8 Å². The highest BCUT2D eigenvalue weighted by atomic mass is 127. The molecule has 4 nitrogen and oxygen atoms in total. The molecular formula is C12H13BrIN3O. The van der Waals surface area contributed by atoms with Crippen LogP contribution in [0.4, 0.5) is 0 Å². The van der Waals surface area contributed by atoms with Crippen molar-refractivity contribution in [2.45, 2.75) is 20.4 Å². The molecule has 0 atom stereocenters. The summed E-state index contributed by atoms with van der Waals surface area (Å²) in [6, 6.07) is 0.